The SMILES string of the molecule is CN(C)CCNCc1nccn1C(F)F. The van der Waals surface area contributed by atoms with Crippen molar-refractivity contribution in [3.63, 3.8) is 0 Å². The highest BCUT2D eigenvalue weighted by molar-refractivity contribution is 4.92. The van der Waals surface area contributed by atoms with Gasteiger partial charge in [-0.25, -0.2) is 4.98 Å². The summed E-state index contributed by atoms with van der Waals surface area (Å²) < 4.78 is 25.6. The van der Waals surface area contributed by atoms with E-state index in [1.807, 2.05) is 19.0 Å². The molecule has 15 heavy (non-hydrogen) atoms. The second kappa shape index (κ2) is 5.77. The lowest BCUT2D eigenvalue weighted by Crippen LogP contribution is -2.27. The van der Waals surface area contributed by atoms with Crippen LogP contribution in [0.15, 0.2) is 12.4 Å². The Morgan fingerprint density at radius 2 is 2.27 bits per heavy atom. The van der Waals surface area contributed by atoms with Gasteiger partial charge in [0.15, 0.2) is 0 Å². The van der Waals surface area contributed by atoms with Crippen molar-refractivity contribution in [3.05, 3.63) is 18.2 Å². The predicted molar refractivity (Wildman–Crippen MR) is 53.7 cm³/mol. The summed E-state index contributed by atoms with van der Waals surface area (Å²) in [5, 5.41) is 3.06. The number of imidazole rings is 1. The van der Waals surface area contributed by atoms with Gasteiger partial charge in [0, 0.05) is 25.5 Å². The van der Waals surface area contributed by atoms with E-state index in [1.165, 1.54) is 12.4 Å². The molecule has 1 aromatic heterocycles. The van der Waals surface area contributed by atoms with Gasteiger partial charge in [0.25, 0.3) is 0 Å². The smallest absolute Gasteiger partial charge is 0.309 e. The molecule has 4 nitrogen and oxygen atoms in total. The first-order valence-electron chi connectivity index (χ1n) is 4.76. The zero-order valence-electron chi connectivity index (χ0n) is 8.95. The lowest BCUT2D eigenvalue weighted by molar-refractivity contribution is 0.0666. The van der Waals surface area contributed by atoms with E-state index >= 15 is 0 Å². The molecule has 0 bridgehead atoms. The highest BCUT2D eigenvalue weighted by atomic mass is 19.3. The summed E-state index contributed by atoms with van der Waals surface area (Å²) in [6, 6.07) is 0. The predicted octanol–water partition coefficient (Wildman–Crippen LogP) is 0.929. The molecular formula is C9H16F2N4. The van der Waals surface area contributed by atoms with Crippen LogP contribution in [0.2, 0.25) is 0 Å². The van der Waals surface area contributed by atoms with Crippen LogP contribution in [0, 0.1) is 0 Å². The van der Waals surface area contributed by atoms with Crippen LogP contribution in [0.25, 0.3) is 0 Å². The molecule has 0 spiro atoms. The summed E-state index contributed by atoms with van der Waals surface area (Å²) in [5.74, 6) is 0.365. The van der Waals surface area contributed by atoms with E-state index in [2.05, 4.69) is 10.3 Å². The fourth-order valence-corrected chi connectivity index (χ4v) is 1.16. The maximum atomic E-state index is 12.4. The van der Waals surface area contributed by atoms with Crippen LogP contribution in [0.5, 0.6) is 0 Å². The molecule has 0 aliphatic carbocycles. The first-order valence-corrected chi connectivity index (χ1v) is 4.76. The van der Waals surface area contributed by atoms with E-state index in [1.54, 1.807) is 0 Å². The molecule has 0 atom stereocenters. The molecule has 0 aromatic carbocycles. The minimum Gasteiger partial charge on any atom is -0.309 e. The third-order valence-electron chi connectivity index (χ3n) is 1.98. The number of hydrogen-bond acceptors (Lipinski definition) is 3. The molecule has 6 heteroatoms. The first-order chi connectivity index (χ1) is 7.11. The van der Waals surface area contributed by atoms with Crippen molar-refractivity contribution in [2.75, 3.05) is 27.2 Å². The number of likely N-dealkylation sites (N-methyl/N-ethyl adjacent to an activating group) is 1. The summed E-state index contributed by atoms with van der Waals surface area (Å²) in [4.78, 5) is 5.88. The number of rotatable bonds is 6. The second-order valence-electron chi connectivity index (χ2n) is 3.51. The summed E-state index contributed by atoms with van der Waals surface area (Å²) in [7, 11) is 3.92. The van der Waals surface area contributed by atoms with Gasteiger partial charge in [0.2, 0.25) is 0 Å². The van der Waals surface area contributed by atoms with Crippen LogP contribution in [0.4, 0.5) is 8.78 Å². The Bertz CT molecular complexity index is 285. The average Bonchev–Trinajstić information content (AvgIpc) is 2.60. The normalized spacial score (nSPS) is 11.6. The topological polar surface area (TPSA) is 33.1 Å². The molecule has 0 radical (unpaired) electrons. The molecule has 0 unspecified atom stereocenters. The van der Waals surface area contributed by atoms with Crippen molar-refractivity contribution in [1.82, 2.24) is 19.8 Å². The number of nitrogens with one attached hydrogen (secondary N) is 1. The van der Waals surface area contributed by atoms with Crippen molar-refractivity contribution >= 4 is 0 Å². The average molecular weight is 218 g/mol. The van der Waals surface area contributed by atoms with Gasteiger partial charge in [0.05, 0.1) is 6.54 Å². The Kier molecular flexibility index (Phi) is 4.64. The van der Waals surface area contributed by atoms with Crippen LogP contribution < -0.4 is 5.32 Å². The number of nitrogens with zero attached hydrogens (tertiary/aromatic N) is 3. The fourth-order valence-electron chi connectivity index (χ4n) is 1.16. The highest BCUT2D eigenvalue weighted by Crippen LogP contribution is 2.11. The van der Waals surface area contributed by atoms with E-state index < -0.39 is 6.55 Å². The van der Waals surface area contributed by atoms with E-state index in [-0.39, 0.29) is 0 Å². The van der Waals surface area contributed by atoms with Crippen LogP contribution in [-0.2, 0) is 6.54 Å². The van der Waals surface area contributed by atoms with Gasteiger partial charge < -0.3 is 10.2 Å². The number of aromatic nitrogens is 2. The van der Waals surface area contributed by atoms with Crippen molar-refractivity contribution in [2.24, 2.45) is 0 Å². The number of alkyl halides is 2. The molecule has 0 saturated heterocycles. The summed E-state index contributed by atoms with van der Waals surface area (Å²) >= 11 is 0. The third kappa shape index (κ3) is 3.93. The molecular weight excluding hydrogens is 202 g/mol. The van der Waals surface area contributed by atoms with Crippen molar-refractivity contribution < 1.29 is 8.78 Å². The maximum Gasteiger partial charge on any atom is 0.319 e. The molecule has 0 amide bonds. The Labute approximate surface area is 87.9 Å². The quantitative estimate of drug-likeness (QED) is 0.721. The van der Waals surface area contributed by atoms with Gasteiger partial charge in [-0.15, -0.1) is 0 Å². The summed E-state index contributed by atoms with van der Waals surface area (Å²) in [6.07, 6.45) is 2.67. The Hall–Kier alpha value is -1.01. The lowest BCUT2D eigenvalue weighted by atomic mass is 10.5. The summed E-state index contributed by atoms with van der Waals surface area (Å²) in [5.41, 5.74) is 0. The van der Waals surface area contributed by atoms with Gasteiger partial charge in [0.1, 0.15) is 5.82 Å². The van der Waals surface area contributed by atoms with E-state index in [0.717, 1.165) is 17.7 Å². The number of hydrogen-bond donors (Lipinski definition) is 1. The molecule has 1 heterocycles. The van der Waals surface area contributed by atoms with Crippen LogP contribution in [0.1, 0.15) is 12.4 Å². The zero-order valence-corrected chi connectivity index (χ0v) is 8.95. The van der Waals surface area contributed by atoms with E-state index in [9.17, 15) is 8.78 Å². The third-order valence-corrected chi connectivity index (χ3v) is 1.98. The van der Waals surface area contributed by atoms with Gasteiger partial charge in [-0.05, 0) is 14.1 Å². The Balaban J connectivity index is 2.34. The minimum absolute atomic E-state index is 0.365. The highest BCUT2D eigenvalue weighted by Gasteiger charge is 2.10. The van der Waals surface area contributed by atoms with Crippen molar-refractivity contribution in [3.8, 4) is 0 Å². The van der Waals surface area contributed by atoms with Crippen molar-refractivity contribution in [1.29, 1.82) is 0 Å². The molecule has 1 rings (SSSR count). The van der Waals surface area contributed by atoms with Gasteiger partial charge >= 0.3 is 6.55 Å². The molecule has 0 aliphatic heterocycles. The Morgan fingerprint density at radius 1 is 1.53 bits per heavy atom. The molecule has 0 saturated carbocycles. The molecule has 1 aromatic rings. The van der Waals surface area contributed by atoms with Crippen molar-refractivity contribution in [2.45, 2.75) is 13.1 Å². The van der Waals surface area contributed by atoms with Crippen LogP contribution >= 0.6 is 0 Å². The van der Waals surface area contributed by atoms with E-state index in [0.29, 0.717) is 12.4 Å². The van der Waals surface area contributed by atoms with Gasteiger partial charge in [-0.2, -0.15) is 8.78 Å². The largest absolute Gasteiger partial charge is 0.319 e. The molecule has 1 N–H and O–H groups in total. The monoisotopic (exact) mass is 218 g/mol. The first kappa shape index (κ1) is 12.1. The van der Waals surface area contributed by atoms with Crippen LogP contribution in [0.3, 0.4) is 0 Å². The summed E-state index contributed by atoms with van der Waals surface area (Å²) in [6.45, 7) is -0.526. The standard InChI is InChI=1S/C9H16F2N4/c1-14(2)5-3-12-7-8-13-4-6-15(8)9(10)11/h4,6,9,12H,3,5,7H2,1-2H3. The van der Waals surface area contributed by atoms with Crippen LogP contribution in [-0.4, -0.2) is 41.6 Å². The van der Waals surface area contributed by atoms with Gasteiger partial charge in [-0.3, -0.25) is 4.57 Å². The fraction of sp³-hybridized carbons (Fsp3) is 0.667. The molecule has 86 valence electrons. The second-order valence-corrected chi connectivity index (χ2v) is 3.51. The van der Waals surface area contributed by atoms with Gasteiger partial charge in [-0.1, -0.05) is 0 Å². The number of halogens is 2. The molecule has 0 fully saturated rings. The lowest BCUT2D eigenvalue weighted by Gasteiger charge is -2.11. The minimum atomic E-state index is -2.52. The Morgan fingerprint density at radius 3 is 2.87 bits per heavy atom. The zero-order chi connectivity index (χ0) is 11.3. The van der Waals surface area contributed by atoms with E-state index in [4.69, 9.17) is 0 Å². The molecule has 0 aliphatic rings. The maximum absolute atomic E-state index is 12.4.